The standard InChI is InChI=1S/C48H59N13O9/c1-7-60-35(21-28(3)56-60)45-52-27-33-32-23-30(43(49)64)25-37(70-20-12-18-67-5)41(32)58(46(33)54-45)16-9-10-17-59-42-34(53-48(59)55-47(66)36-22-29(4)57-61(36)8-2)24-31(44(50)65)26-38(42)69-19-11-15-51-39(62)13-14-40(63)68-6/h9-10,21-27,45,54H,7-8,11-20H2,1-6H3,(H2,49,64)(H2,50,65)(H,51,62)(H,53,55,66)/b10-9+. The van der Waals surface area contributed by atoms with Crippen LogP contribution in [0.4, 0.5) is 11.8 Å². The van der Waals surface area contributed by atoms with Crippen LogP contribution in [-0.2, 0) is 45.2 Å². The Bertz CT molecular complexity index is 3000. The highest BCUT2D eigenvalue weighted by molar-refractivity contribution is 6.11. The Hall–Kier alpha value is -8.01. The number of benzene rings is 2. The van der Waals surface area contributed by atoms with Crippen molar-refractivity contribution in [3.63, 3.8) is 0 Å². The summed E-state index contributed by atoms with van der Waals surface area (Å²) in [7, 11) is 2.88. The number of anilines is 2. The number of primary amides is 2. The van der Waals surface area contributed by atoms with Crippen LogP contribution in [0.2, 0.25) is 0 Å². The summed E-state index contributed by atoms with van der Waals surface area (Å²) in [5.41, 5.74) is 17.0. The highest BCUT2D eigenvalue weighted by atomic mass is 16.5. The van der Waals surface area contributed by atoms with Gasteiger partial charge in [-0.05, 0) is 70.5 Å². The first-order chi connectivity index (χ1) is 33.7. The molecule has 22 heteroatoms. The molecule has 1 atom stereocenters. The number of ether oxygens (including phenoxy) is 4. The van der Waals surface area contributed by atoms with Gasteiger partial charge in [-0.25, -0.2) is 4.98 Å². The van der Waals surface area contributed by atoms with E-state index in [0.29, 0.717) is 84.8 Å². The molecular formula is C48H59N13O9. The normalized spacial score (nSPS) is 13.1. The molecule has 7 rings (SSSR count). The van der Waals surface area contributed by atoms with Gasteiger partial charge in [-0.15, -0.1) is 0 Å². The van der Waals surface area contributed by atoms with Crippen LogP contribution >= 0.6 is 0 Å². The Balaban J connectivity index is 1.26. The number of esters is 1. The number of hydrogen-bond acceptors (Lipinski definition) is 14. The average Bonchev–Trinajstić information content (AvgIpc) is 4.11. The summed E-state index contributed by atoms with van der Waals surface area (Å²) in [6.07, 6.45) is 6.08. The second-order valence-corrected chi connectivity index (χ2v) is 16.4. The molecule has 70 heavy (non-hydrogen) atoms. The van der Waals surface area contributed by atoms with Crippen molar-refractivity contribution in [1.29, 1.82) is 0 Å². The summed E-state index contributed by atoms with van der Waals surface area (Å²) in [5, 5.41) is 19.1. The van der Waals surface area contributed by atoms with E-state index in [2.05, 4.69) is 35.5 Å². The zero-order chi connectivity index (χ0) is 50.1. The van der Waals surface area contributed by atoms with E-state index in [-0.39, 0.29) is 61.3 Å². The summed E-state index contributed by atoms with van der Waals surface area (Å²) in [6.45, 7) is 10.3. The first-order valence-electron chi connectivity index (χ1n) is 23.0. The summed E-state index contributed by atoms with van der Waals surface area (Å²) < 4.78 is 29.9. The summed E-state index contributed by atoms with van der Waals surface area (Å²) in [6, 6.07) is 10.1. The third-order valence-electron chi connectivity index (χ3n) is 11.5. The molecule has 0 radical (unpaired) electrons. The Morgan fingerprint density at radius 2 is 1.44 bits per heavy atom. The van der Waals surface area contributed by atoms with E-state index in [1.54, 1.807) is 47.7 Å². The fraction of sp³-hybridized carbons (Fsp3) is 0.396. The predicted octanol–water partition coefficient (Wildman–Crippen LogP) is 4.54. The minimum atomic E-state index is -0.713. The maximum absolute atomic E-state index is 13.9. The van der Waals surface area contributed by atoms with Gasteiger partial charge in [-0.1, -0.05) is 12.2 Å². The maximum atomic E-state index is 13.9. The molecule has 0 fully saturated rings. The van der Waals surface area contributed by atoms with Crippen molar-refractivity contribution in [2.24, 2.45) is 16.5 Å². The van der Waals surface area contributed by atoms with Gasteiger partial charge in [-0.3, -0.25) is 43.6 Å². The molecule has 0 aliphatic carbocycles. The van der Waals surface area contributed by atoms with Crippen LogP contribution < -0.4 is 36.9 Å². The van der Waals surface area contributed by atoms with Gasteiger partial charge >= 0.3 is 5.97 Å². The number of imidazole rings is 1. The third-order valence-corrected chi connectivity index (χ3v) is 11.5. The van der Waals surface area contributed by atoms with Crippen LogP contribution in [-0.4, -0.2) is 110 Å². The van der Waals surface area contributed by atoms with E-state index in [1.807, 2.05) is 43.7 Å². The molecule has 4 aromatic heterocycles. The molecule has 6 aromatic rings. The number of methoxy groups -OCH3 is 2. The SMILES string of the molecule is CCn1nc(C)cc1C(=O)Nc1nc2cc(C(N)=O)cc(OCCCNC(=O)CCC(=O)OC)c2n1C/C=C/Cn1c2c(c3cc(C(N)=O)cc(OCCCOC)c31)C=NC(c1cc(C)nn1CC)N2. The van der Waals surface area contributed by atoms with Crippen molar-refractivity contribution < 1.29 is 42.9 Å². The fourth-order valence-corrected chi connectivity index (χ4v) is 8.23. The number of aryl methyl sites for hydroxylation is 4. The quantitative estimate of drug-likeness (QED) is 0.0317. The molecule has 1 aliphatic rings. The lowest BCUT2D eigenvalue weighted by atomic mass is 10.1. The summed E-state index contributed by atoms with van der Waals surface area (Å²) in [5.74, 6) is -0.975. The Labute approximate surface area is 403 Å². The second kappa shape index (κ2) is 22.4. The van der Waals surface area contributed by atoms with E-state index < -0.39 is 29.9 Å². The van der Waals surface area contributed by atoms with E-state index in [0.717, 1.165) is 22.8 Å². The van der Waals surface area contributed by atoms with Crippen molar-refractivity contribution in [2.75, 3.05) is 51.2 Å². The molecule has 0 saturated carbocycles. The molecule has 5 heterocycles. The van der Waals surface area contributed by atoms with Crippen molar-refractivity contribution in [1.82, 2.24) is 39.0 Å². The molecule has 370 valence electrons. The molecule has 22 nitrogen and oxygen atoms in total. The first-order valence-corrected chi connectivity index (χ1v) is 23.0. The Morgan fingerprint density at radius 3 is 2.13 bits per heavy atom. The molecule has 1 aliphatic heterocycles. The number of carbonyl (C=O) groups excluding carboxylic acids is 5. The van der Waals surface area contributed by atoms with Crippen molar-refractivity contribution >= 4 is 69.5 Å². The largest absolute Gasteiger partial charge is 0.491 e. The van der Waals surface area contributed by atoms with Gasteiger partial charge in [0.2, 0.25) is 23.7 Å². The number of carbonyl (C=O) groups is 5. The van der Waals surface area contributed by atoms with Crippen LogP contribution in [0.1, 0.15) is 99.5 Å². The van der Waals surface area contributed by atoms with Crippen LogP contribution in [0.5, 0.6) is 11.5 Å². The van der Waals surface area contributed by atoms with Gasteiger partial charge in [0.15, 0.2) is 6.17 Å². The maximum Gasteiger partial charge on any atom is 0.306 e. The molecule has 1 unspecified atom stereocenters. The number of nitrogens with two attached hydrogens (primary N) is 2. The Kier molecular flexibility index (Phi) is 16.0. The molecular weight excluding hydrogens is 903 g/mol. The monoisotopic (exact) mass is 961 g/mol. The highest BCUT2D eigenvalue weighted by Gasteiger charge is 2.28. The lowest BCUT2D eigenvalue weighted by Crippen LogP contribution is -2.26. The number of allylic oxidation sites excluding steroid dienone is 2. The lowest BCUT2D eigenvalue weighted by Gasteiger charge is -2.22. The molecule has 0 spiro atoms. The van der Waals surface area contributed by atoms with Crippen LogP contribution in [0.15, 0.2) is 53.5 Å². The van der Waals surface area contributed by atoms with Crippen molar-refractivity contribution in [3.8, 4) is 11.5 Å². The van der Waals surface area contributed by atoms with Crippen LogP contribution in [0, 0.1) is 13.8 Å². The predicted molar refractivity (Wildman–Crippen MR) is 261 cm³/mol. The average molecular weight is 962 g/mol. The highest BCUT2D eigenvalue weighted by Crippen LogP contribution is 2.40. The van der Waals surface area contributed by atoms with Crippen LogP contribution in [0.3, 0.4) is 0 Å². The van der Waals surface area contributed by atoms with Crippen molar-refractivity contribution in [3.05, 3.63) is 88.0 Å². The fourth-order valence-electron chi connectivity index (χ4n) is 8.23. The Morgan fingerprint density at radius 1 is 0.786 bits per heavy atom. The number of aromatic nitrogens is 7. The molecule has 0 saturated heterocycles. The number of hydrogen-bond donors (Lipinski definition) is 5. The molecule has 4 amide bonds. The minimum Gasteiger partial charge on any atom is -0.491 e. The molecule has 0 bridgehead atoms. The number of nitrogens with zero attached hydrogens (tertiary/aromatic N) is 8. The van der Waals surface area contributed by atoms with E-state index in [4.69, 9.17) is 35.7 Å². The van der Waals surface area contributed by atoms with Gasteiger partial charge in [-0.2, -0.15) is 10.2 Å². The van der Waals surface area contributed by atoms with Gasteiger partial charge in [0.05, 0.1) is 54.9 Å². The number of fused-ring (bicyclic) bond motifs is 4. The third kappa shape index (κ3) is 11.1. The van der Waals surface area contributed by atoms with E-state index >= 15 is 0 Å². The van der Waals surface area contributed by atoms with Gasteiger partial charge in [0.25, 0.3) is 5.91 Å². The van der Waals surface area contributed by atoms with Crippen LogP contribution in [0.25, 0.3) is 21.9 Å². The first kappa shape index (κ1) is 49.9. The van der Waals surface area contributed by atoms with Gasteiger partial charge in [0.1, 0.15) is 28.5 Å². The number of amides is 4. The minimum absolute atomic E-state index is 0.0197. The number of rotatable bonds is 24. The van der Waals surface area contributed by atoms with E-state index in [1.165, 1.54) is 19.2 Å². The second-order valence-electron chi connectivity index (χ2n) is 16.4. The zero-order valence-corrected chi connectivity index (χ0v) is 40.2. The number of aliphatic imine (C=N–C) groups is 1. The molecule has 7 N–H and O–H groups in total. The smallest absolute Gasteiger partial charge is 0.306 e. The summed E-state index contributed by atoms with van der Waals surface area (Å²) in [4.78, 5) is 72.8. The zero-order valence-electron chi connectivity index (χ0n) is 40.2. The summed E-state index contributed by atoms with van der Waals surface area (Å²) >= 11 is 0. The van der Waals surface area contributed by atoms with E-state index in [9.17, 15) is 24.0 Å². The van der Waals surface area contributed by atoms with Crippen molar-refractivity contribution in [2.45, 2.75) is 85.7 Å². The lowest BCUT2D eigenvalue weighted by molar-refractivity contribution is -0.142. The van der Waals surface area contributed by atoms with Gasteiger partial charge in [0, 0.05) is 87.6 Å². The molecule has 2 aromatic carbocycles. The number of nitrogens with one attached hydrogen (secondary N) is 3. The topological polar surface area (TPSA) is 281 Å². The van der Waals surface area contributed by atoms with Gasteiger partial charge < -0.3 is 50.2 Å².